The van der Waals surface area contributed by atoms with Crippen LogP contribution in [0.15, 0.2) is 48.5 Å². The first-order chi connectivity index (χ1) is 14.6. The molecule has 1 atom stereocenters. The third-order valence-electron chi connectivity index (χ3n) is 4.69. The number of benzene rings is 2. The first-order valence-electron chi connectivity index (χ1n) is 9.69. The highest BCUT2D eigenvalue weighted by molar-refractivity contribution is 5.83. The molecule has 0 aromatic heterocycles. The van der Waals surface area contributed by atoms with Gasteiger partial charge in [-0.2, -0.15) is 0 Å². The number of hydrogen-bond donors (Lipinski definition) is 1. The highest BCUT2D eigenvalue weighted by atomic mass is 19.1. The van der Waals surface area contributed by atoms with Crippen LogP contribution in [0.4, 0.5) is 4.39 Å². The van der Waals surface area contributed by atoms with Crippen LogP contribution in [0.25, 0.3) is 11.1 Å². The van der Waals surface area contributed by atoms with Crippen molar-refractivity contribution in [2.45, 2.75) is 26.7 Å². The molecule has 0 unspecified atom stereocenters. The van der Waals surface area contributed by atoms with Gasteiger partial charge in [-0.05, 0) is 38.0 Å². The third-order valence-corrected chi connectivity index (χ3v) is 4.69. The fourth-order valence-electron chi connectivity index (χ4n) is 2.74. The maximum atomic E-state index is 14.5. The Morgan fingerprint density at radius 2 is 1.87 bits per heavy atom. The smallest absolute Gasteiger partial charge is 0.313 e. The van der Waals surface area contributed by atoms with Crippen molar-refractivity contribution in [2.75, 3.05) is 19.8 Å². The van der Waals surface area contributed by atoms with E-state index < -0.39 is 34.8 Å². The number of carbonyl (C=O) groups excluding carboxylic acids is 2. The van der Waals surface area contributed by atoms with E-state index in [9.17, 15) is 24.1 Å². The van der Waals surface area contributed by atoms with Crippen LogP contribution in [0.1, 0.15) is 32.3 Å². The van der Waals surface area contributed by atoms with Gasteiger partial charge in [0.25, 0.3) is 5.09 Å². The lowest BCUT2D eigenvalue weighted by atomic mass is 9.95. The molecule has 31 heavy (non-hydrogen) atoms. The number of nitrogens with zero attached hydrogens (tertiary/aromatic N) is 1. The van der Waals surface area contributed by atoms with Gasteiger partial charge < -0.3 is 14.9 Å². The average molecular weight is 432 g/mol. The number of rotatable bonds is 10. The van der Waals surface area contributed by atoms with E-state index in [2.05, 4.69) is 10.2 Å². The van der Waals surface area contributed by atoms with Crippen molar-refractivity contribution in [3.8, 4) is 11.1 Å². The van der Waals surface area contributed by atoms with Gasteiger partial charge in [-0.3, -0.25) is 9.59 Å². The Morgan fingerprint density at radius 3 is 2.48 bits per heavy atom. The Hall–Kier alpha value is -3.49. The average Bonchev–Trinajstić information content (AvgIpc) is 2.75. The van der Waals surface area contributed by atoms with Gasteiger partial charge in [-0.25, -0.2) is 4.39 Å². The highest BCUT2D eigenvalue weighted by Crippen LogP contribution is 2.26. The predicted octanol–water partition coefficient (Wildman–Crippen LogP) is 3.49. The maximum Gasteiger partial charge on any atom is 0.313 e. The summed E-state index contributed by atoms with van der Waals surface area (Å²) in [6, 6.07) is 13.8. The molecule has 0 saturated heterocycles. The molecule has 9 heteroatoms. The summed E-state index contributed by atoms with van der Waals surface area (Å²) in [5.41, 5.74) is 0.511. The number of carbonyl (C=O) groups is 2. The van der Waals surface area contributed by atoms with E-state index in [1.54, 1.807) is 31.2 Å². The summed E-state index contributed by atoms with van der Waals surface area (Å²) >= 11 is 0. The molecule has 1 amide bonds. The molecule has 0 bridgehead atoms. The van der Waals surface area contributed by atoms with E-state index >= 15 is 0 Å². The molecule has 0 heterocycles. The van der Waals surface area contributed by atoms with Gasteiger partial charge in [0, 0.05) is 5.56 Å². The molecule has 0 fully saturated rings. The van der Waals surface area contributed by atoms with Crippen LogP contribution in [-0.2, 0) is 19.2 Å². The Bertz CT molecular complexity index is 933. The molecule has 0 spiro atoms. The van der Waals surface area contributed by atoms with Crippen molar-refractivity contribution in [3.05, 3.63) is 70.0 Å². The summed E-state index contributed by atoms with van der Waals surface area (Å²) in [5, 5.41) is 11.9. The highest BCUT2D eigenvalue weighted by Gasteiger charge is 2.31. The van der Waals surface area contributed by atoms with Crippen molar-refractivity contribution in [1.82, 2.24) is 5.32 Å². The normalized spacial score (nSPS) is 12.0. The van der Waals surface area contributed by atoms with E-state index in [-0.39, 0.29) is 19.1 Å². The largest absolute Gasteiger partial charge is 0.463 e. The number of amides is 1. The van der Waals surface area contributed by atoms with Crippen molar-refractivity contribution in [1.29, 1.82) is 0 Å². The molecular weight excluding hydrogens is 407 g/mol. The van der Waals surface area contributed by atoms with E-state index in [1.807, 2.05) is 18.2 Å². The van der Waals surface area contributed by atoms with Crippen LogP contribution >= 0.6 is 0 Å². The van der Waals surface area contributed by atoms with Crippen LogP contribution in [0, 0.1) is 21.3 Å². The standard InChI is InChI=1S/C22H25FN2O6/c1-15(17-9-10-18(19(23)13-17)16-7-5-4-6-8-16)20(26)24-11-12-30-21(27)22(2,3)14-31-25(28)29/h4-10,13,15H,11-12,14H2,1-3H3,(H,24,26)/t15-/m0/s1. The number of nitrogens with one attached hydrogen (secondary N) is 1. The third kappa shape index (κ3) is 6.77. The molecule has 2 aromatic rings. The minimum Gasteiger partial charge on any atom is -0.463 e. The van der Waals surface area contributed by atoms with Crippen LogP contribution in [0.5, 0.6) is 0 Å². The zero-order valence-electron chi connectivity index (χ0n) is 17.6. The second kappa shape index (κ2) is 10.5. The zero-order valence-corrected chi connectivity index (χ0v) is 17.6. The van der Waals surface area contributed by atoms with Crippen LogP contribution in [0.3, 0.4) is 0 Å². The summed E-state index contributed by atoms with van der Waals surface area (Å²) in [5.74, 6) is -2.06. The molecule has 0 aliphatic carbocycles. The Balaban J connectivity index is 1.85. The van der Waals surface area contributed by atoms with Gasteiger partial charge in [0.05, 0.1) is 17.9 Å². The monoisotopic (exact) mass is 432 g/mol. The molecule has 1 N–H and O–H groups in total. The summed E-state index contributed by atoms with van der Waals surface area (Å²) in [4.78, 5) is 38.8. The van der Waals surface area contributed by atoms with E-state index in [1.165, 1.54) is 19.9 Å². The number of esters is 1. The molecule has 2 rings (SSSR count). The Kier molecular flexibility index (Phi) is 8.07. The molecular formula is C22H25FN2O6. The molecule has 166 valence electrons. The van der Waals surface area contributed by atoms with Gasteiger partial charge in [-0.15, -0.1) is 10.1 Å². The zero-order chi connectivity index (χ0) is 23.0. The molecule has 0 radical (unpaired) electrons. The lowest BCUT2D eigenvalue weighted by molar-refractivity contribution is -0.760. The van der Waals surface area contributed by atoms with Gasteiger partial charge in [0.1, 0.15) is 19.0 Å². The molecule has 0 aliphatic heterocycles. The first-order valence-corrected chi connectivity index (χ1v) is 9.69. The van der Waals surface area contributed by atoms with Gasteiger partial charge >= 0.3 is 5.97 Å². The second-order valence-corrected chi connectivity index (χ2v) is 7.63. The number of hydrogen-bond acceptors (Lipinski definition) is 6. The maximum absolute atomic E-state index is 14.5. The lowest BCUT2D eigenvalue weighted by Crippen LogP contribution is -2.36. The second-order valence-electron chi connectivity index (χ2n) is 7.63. The summed E-state index contributed by atoms with van der Waals surface area (Å²) in [7, 11) is 0. The van der Waals surface area contributed by atoms with E-state index in [0.717, 1.165) is 5.56 Å². The number of halogens is 1. The van der Waals surface area contributed by atoms with E-state index in [0.29, 0.717) is 11.1 Å². The molecule has 0 saturated carbocycles. The molecule has 8 nitrogen and oxygen atoms in total. The number of ether oxygens (including phenoxy) is 1. The van der Waals surface area contributed by atoms with Crippen molar-refractivity contribution in [2.24, 2.45) is 5.41 Å². The van der Waals surface area contributed by atoms with Crippen molar-refractivity contribution in [3.63, 3.8) is 0 Å². The molecule has 0 aliphatic rings. The van der Waals surface area contributed by atoms with Gasteiger partial charge in [0.2, 0.25) is 5.91 Å². The summed E-state index contributed by atoms with van der Waals surface area (Å²) < 4.78 is 19.6. The lowest BCUT2D eigenvalue weighted by Gasteiger charge is -2.21. The van der Waals surface area contributed by atoms with Crippen LogP contribution in [-0.4, -0.2) is 36.7 Å². The fourth-order valence-corrected chi connectivity index (χ4v) is 2.74. The van der Waals surface area contributed by atoms with Gasteiger partial charge in [-0.1, -0.05) is 42.5 Å². The quantitative estimate of drug-likeness (QED) is 0.267. The van der Waals surface area contributed by atoms with Gasteiger partial charge in [0.15, 0.2) is 0 Å². The Labute approximate surface area is 179 Å². The van der Waals surface area contributed by atoms with E-state index in [4.69, 9.17) is 4.74 Å². The Morgan fingerprint density at radius 1 is 1.19 bits per heavy atom. The van der Waals surface area contributed by atoms with Crippen molar-refractivity contribution < 1.29 is 28.6 Å². The predicted molar refractivity (Wildman–Crippen MR) is 111 cm³/mol. The molecule has 2 aromatic carbocycles. The van der Waals surface area contributed by atoms with Crippen LogP contribution < -0.4 is 5.32 Å². The summed E-state index contributed by atoms with van der Waals surface area (Å²) in [6.07, 6.45) is 0. The summed E-state index contributed by atoms with van der Waals surface area (Å²) in [6.45, 7) is 4.05. The fraction of sp³-hybridized carbons (Fsp3) is 0.364. The van der Waals surface area contributed by atoms with Crippen molar-refractivity contribution >= 4 is 11.9 Å². The topological polar surface area (TPSA) is 108 Å². The minimum atomic E-state index is -1.21. The first kappa shape index (κ1) is 23.8. The van der Waals surface area contributed by atoms with Crippen LogP contribution in [0.2, 0.25) is 0 Å². The minimum absolute atomic E-state index is 0.0473. The SMILES string of the molecule is C[C@H](C(=O)NCCOC(=O)C(C)(C)CO[N+](=O)[O-])c1ccc(-c2ccccc2)c(F)c1.